The molecule has 2 rings (SSSR count). The molecule has 1 aromatic heterocycles. The number of amides is 1. The van der Waals surface area contributed by atoms with Gasteiger partial charge < -0.3 is 15.4 Å². The number of aryl methyl sites for hydroxylation is 2. The van der Waals surface area contributed by atoms with Crippen LogP contribution in [0.3, 0.4) is 0 Å². The summed E-state index contributed by atoms with van der Waals surface area (Å²) in [6.45, 7) is 6.77. The molecule has 0 spiro atoms. The lowest BCUT2D eigenvalue weighted by molar-refractivity contribution is -0.136. The predicted octanol–water partition coefficient (Wildman–Crippen LogP) is 2.24. The molecule has 1 aliphatic rings. The summed E-state index contributed by atoms with van der Waals surface area (Å²) in [5.41, 5.74) is 0.632. The van der Waals surface area contributed by atoms with Crippen molar-refractivity contribution in [1.82, 2.24) is 15.6 Å². The number of piperidine rings is 1. The second-order valence-corrected chi connectivity index (χ2v) is 6.68. The minimum absolute atomic E-state index is 0. The molecule has 0 unspecified atom stereocenters. The third-order valence-electron chi connectivity index (χ3n) is 3.87. The van der Waals surface area contributed by atoms with E-state index in [2.05, 4.69) is 15.6 Å². The lowest BCUT2D eigenvalue weighted by Crippen LogP contribution is -2.49. The standard InChI is InChI=1S/C14H23N3O2S.2ClH/c1-10-12(20-11(2)17-10)8-16-13(18)14(9-19-3)4-6-15-7-5-14;;/h15H,4-9H2,1-3H3,(H,16,18);2*1H. The van der Waals surface area contributed by atoms with Gasteiger partial charge in [-0.25, -0.2) is 4.98 Å². The van der Waals surface area contributed by atoms with Crippen molar-refractivity contribution in [3.63, 3.8) is 0 Å². The molecule has 0 bridgehead atoms. The molecule has 8 heteroatoms. The zero-order valence-electron chi connectivity index (χ0n) is 13.2. The fourth-order valence-corrected chi connectivity index (χ4v) is 3.58. The van der Waals surface area contributed by atoms with Crippen molar-refractivity contribution in [2.45, 2.75) is 33.2 Å². The zero-order chi connectivity index (χ0) is 14.6. The molecule has 2 heterocycles. The summed E-state index contributed by atoms with van der Waals surface area (Å²) in [5, 5.41) is 7.41. The number of methoxy groups -OCH3 is 1. The van der Waals surface area contributed by atoms with E-state index in [-0.39, 0.29) is 36.1 Å². The number of hydrogen-bond donors (Lipinski definition) is 2. The van der Waals surface area contributed by atoms with Crippen molar-refractivity contribution in [2.75, 3.05) is 26.8 Å². The van der Waals surface area contributed by atoms with E-state index < -0.39 is 0 Å². The first-order valence-electron chi connectivity index (χ1n) is 6.98. The van der Waals surface area contributed by atoms with Crippen LogP contribution in [0.25, 0.3) is 0 Å². The van der Waals surface area contributed by atoms with E-state index in [1.54, 1.807) is 18.4 Å². The molecule has 0 radical (unpaired) electrons. The summed E-state index contributed by atoms with van der Waals surface area (Å²) in [6, 6.07) is 0. The van der Waals surface area contributed by atoms with Crippen LogP contribution in [0.15, 0.2) is 0 Å². The molecule has 2 N–H and O–H groups in total. The smallest absolute Gasteiger partial charge is 0.228 e. The SMILES string of the molecule is COCC1(C(=O)NCc2sc(C)nc2C)CCNCC1.Cl.Cl. The number of carbonyl (C=O) groups is 1. The van der Waals surface area contributed by atoms with Crippen LogP contribution in [0.5, 0.6) is 0 Å². The number of ether oxygens (including phenoxy) is 1. The Morgan fingerprint density at radius 2 is 2.00 bits per heavy atom. The van der Waals surface area contributed by atoms with E-state index >= 15 is 0 Å². The van der Waals surface area contributed by atoms with Crippen LogP contribution in [0.4, 0.5) is 0 Å². The van der Waals surface area contributed by atoms with Crippen molar-refractivity contribution in [1.29, 1.82) is 0 Å². The summed E-state index contributed by atoms with van der Waals surface area (Å²) in [4.78, 5) is 18.1. The van der Waals surface area contributed by atoms with Gasteiger partial charge in [-0.1, -0.05) is 0 Å². The van der Waals surface area contributed by atoms with Gasteiger partial charge in [-0.3, -0.25) is 4.79 Å². The lowest BCUT2D eigenvalue weighted by Gasteiger charge is -2.35. The lowest BCUT2D eigenvalue weighted by atomic mass is 9.78. The highest BCUT2D eigenvalue weighted by Gasteiger charge is 2.39. The van der Waals surface area contributed by atoms with Gasteiger partial charge in [-0.2, -0.15) is 0 Å². The van der Waals surface area contributed by atoms with Gasteiger partial charge >= 0.3 is 0 Å². The molecule has 1 saturated heterocycles. The van der Waals surface area contributed by atoms with E-state index in [1.165, 1.54) is 0 Å². The van der Waals surface area contributed by atoms with E-state index in [4.69, 9.17) is 4.74 Å². The molecular weight excluding hydrogens is 345 g/mol. The van der Waals surface area contributed by atoms with Gasteiger partial charge in [0.15, 0.2) is 0 Å². The van der Waals surface area contributed by atoms with Crippen LogP contribution in [0.2, 0.25) is 0 Å². The highest BCUT2D eigenvalue weighted by molar-refractivity contribution is 7.11. The molecule has 0 aromatic carbocycles. The quantitative estimate of drug-likeness (QED) is 0.835. The summed E-state index contributed by atoms with van der Waals surface area (Å²) >= 11 is 1.65. The van der Waals surface area contributed by atoms with Gasteiger partial charge in [0.2, 0.25) is 5.91 Å². The van der Waals surface area contributed by atoms with E-state index in [0.717, 1.165) is 41.5 Å². The van der Waals surface area contributed by atoms with Crippen LogP contribution < -0.4 is 10.6 Å². The Morgan fingerprint density at radius 1 is 1.36 bits per heavy atom. The topological polar surface area (TPSA) is 63.2 Å². The fourth-order valence-electron chi connectivity index (χ4n) is 2.70. The maximum absolute atomic E-state index is 12.6. The minimum atomic E-state index is -0.381. The number of nitrogens with one attached hydrogen (secondary N) is 2. The molecule has 0 saturated carbocycles. The Bertz CT molecular complexity index is 471. The highest BCUT2D eigenvalue weighted by Crippen LogP contribution is 2.29. The second-order valence-electron chi connectivity index (χ2n) is 5.39. The first-order chi connectivity index (χ1) is 9.57. The Balaban J connectivity index is 0.00000220. The van der Waals surface area contributed by atoms with Gasteiger partial charge in [0, 0.05) is 12.0 Å². The Morgan fingerprint density at radius 3 is 2.50 bits per heavy atom. The normalized spacial score (nSPS) is 16.3. The van der Waals surface area contributed by atoms with Crippen LogP contribution in [0, 0.1) is 19.3 Å². The maximum Gasteiger partial charge on any atom is 0.228 e. The third-order valence-corrected chi connectivity index (χ3v) is 4.94. The third kappa shape index (κ3) is 5.06. The van der Waals surface area contributed by atoms with Gasteiger partial charge in [-0.15, -0.1) is 36.2 Å². The first-order valence-corrected chi connectivity index (χ1v) is 7.80. The molecule has 128 valence electrons. The van der Waals surface area contributed by atoms with E-state index in [9.17, 15) is 4.79 Å². The van der Waals surface area contributed by atoms with Crippen molar-refractivity contribution in [3.05, 3.63) is 15.6 Å². The number of aromatic nitrogens is 1. The molecule has 5 nitrogen and oxygen atoms in total. The van der Waals surface area contributed by atoms with Gasteiger partial charge in [-0.05, 0) is 39.8 Å². The van der Waals surface area contributed by atoms with E-state index in [1.807, 2.05) is 13.8 Å². The number of hydrogen-bond acceptors (Lipinski definition) is 5. The number of rotatable bonds is 5. The molecule has 0 atom stereocenters. The summed E-state index contributed by atoms with van der Waals surface area (Å²) in [7, 11) is 1.66. The molecule has 1 amide bonds. The molecule has 22 heavy (non-hydrogen) atoms. The van der Waals surface area contributed by atoms with Crippen LogP contribution >= 0.6 is 36.2 Å². The molecule has 1 aromatic rings. The van der Waals surface area contributed by atoms with Crippen molar-refractivity contribution < 1.29 is 9.53 Å². The van der Waals surface area contributed by atoms with Gasteiger partial charge in [0.1, 0.15) is 0 Å². The average molecular weight is 370 g/mol. The molecule has 1 fully saturated rings. The second kappa shape index (κ2) is 9.67. The maximum atomic E-state index is 12.6. The predicted molar refractivity (Wildman–Crippen MR) is 94.3 cm³/mol. The Labute approximate surface area is 148 Å². The number of halogens is 2. The van der Waals surface area contributed by atoms with E-state index in [0.29, 0.717) is 13.2 Å². The molecule has 1 aliphatic heterocycles. The van der Waals surface area contributed by atoms with Gasteiger partial charge in [0.25, 0.3) is 0 Å². The number of carbonyl (C=O) groups excluding carboxylic acids is 1. The fraction of sp³-hybridized carbons (Fsp3) is 0.714. The molecule has 0 aliphatic carbocycles. The summed E-state index contributed by atoms with van der Waals surface area (Å²) < 4.78 is 5.29. The number of nitrogens with zero attached hydrogens (tertiary/aromatic N) is 1. The van der Waals surface area contributed by atoms with Crippen LogP contribution in [-0.4, -0.2) is 37.7 Å². The summed E-state index contributed by atoms with van der Waals surface area (Å²) in [6.07, 6.45) is 1.65. The van der Waals surface area contributed by atoms with Gasteiger partial charge in [0.05, 0.1) is 29.3 Å². The summed E-state index contributed by atoms with van der Waals surface area (Å²) in [5.74, 6) is 0.103. The molecular formula is C14H25Cl2N3O2S. The van der Waals surface area contributed by atoms with Crippen molar-refractivity contribution >= 4 is 42.1 Å². The zero-order valence-corrected chi connectivity index (χ0v) is 15.7. The largest absolute Gasteiger partial charge is 0.384 e. The Kier molecular flexibility index (Phi) is 9.50. The minimum Gasteiger partial charge on any atom is -0.384 e. The van der Waals surface area contributed by atoms with Crippen molar-refractivity contribution in [2.24, 2.45) is 5.41 Å². The monoisotopic (exact) mass is 369 g/mol. The highest BCUT2D eigenvalue weighted by atomic mass is 35.5. The van der Waals surface area contributed by atoms with Crippen LogP contribution in [0.1, 0.15) is 28.4 Å². The average Bonchev–Trinajstić information content (AvgIpc) is 2.75. The Hall–Kier alpha value is -0.400. The van der Waals surface area contributed by atoms with Crippen molar-refractivity contribution in [3.8, 4) is 0 Å². The first kappa shape index (κ1) is 21.6. The number of thiazole rings is 1. The van der Waals surface area contributed by atoms with Crippen LogP contribution in [-0.2, 0) is 16.1 Å².